The third-order valence-corrected chi connectivity index (χ3v) is 2.34. The quantitative estimate of drug-likeness (QED) is 0.383. The first-order chi connectivity index (χ1) is 11.9. The molecule has 0 unspecified atom stereocenters. The Balaban J connectivity index is 0.000000443. The van der Waals surface area contributed by atoms with Crippen LogP contribution in [-0.2, 0) is 19.5 Å². The van der Waals surface area contributed by atoms with Crippen LogP contribution in [-0.4, -0.2) is 0 Å². The van der Waals surface area contributed by atoms with Crippen molar-refractivity contribution >= 4 is 0 Å². The van der Waals surface area contributed by atoms with Gasteiger partial charge < -0.3 is 12.8 Å². The molecule has 0 aromatic heterocycles. The Morgan fingerprint density at radius 3 is 1.16 bits per heavy atom. The summed E-state index contributed by atoms with van der Waals surface area (Å²) in [7, 11) is 0. The van der Waals surface area contributed by atoms with Gasteiger partial charge in [-0.2, -0.15) is 0 Å². The summed E-state index contributed by atoms with van der Waals surface area (Å²) >= 11 is 0. The monoisotopic (exact) mass is 362 g/mol. The zero-order valence-electron chi connectivity index (χ0n) is 13.5. The molecule has 0 radical (unpaired) electrons. The van der Waals surface area contributed by atoms with Gasteiger partial charge >= 0.3 is 19.5 Å². The molecular weight excluding hydrogens is 354 g/mol. The van der Waals surface area contributed by atoms with E-state index in [2.05, 4.69) is 47.4 Å². The predicted octanol–water partition coefficient (Wildman–Crippen LogP) is 3.26. The van der Waals surface area contributed by atoms with Crippen LogP contribution in [0.25, 0.3) is 0 Å². The van der Waals surface area contributed by atoms with Crippen molar-refractivity contribution in [3.05, 3.63) is 84.6 Å². The number of rotatable bonds is 0. The molecule has 25 heavy (non-hydrogen) atoms. The third-order valence-electron chi connectivity index (χ3n) is 2.34. The Hall–Kier alpha value is -3.58. The zero-order valence-corrected chi connectivity index (χ0v) is 16.4. The van der Waals surface area contributed by atoms with Gasteiger partial charge in [0.25, 0.3) is 0 Å². The molecule has 0 nitrogen and oxygen atoms in total. The first-order valence-electron chi connectivity index (χ1n) is 6.82. The van der Waals surface area contributed by atoms with Crippen LogP contribution >= 0.6 is 0 Å². The van der Waals surface area contributed by atoms with Crippen LogP contribution in [0.2, 0.25) is 0 Å². The van der Waals surface area contributed by atoms with E-state index in [-0.39, 0.29) is 19.5 Å². The average Bonchev–Trinajstić information content (AvgIpc) is 2.65. The minimum atomic E-state index is 0. The van der Waals surface area contributed by atoms with E-state index in [1.807, 2.05) is 72.5 Å². The van der Waals surface area contributed by atoms with Crippen LogP contribution in [0.1, 0.15) is 11.1 Å². The van der Waals surface area contributed by atoms with Gasteiger partial charge in [-0.05, 0) is 36.1 Å². The molecule has 0 bridgehead atoms. The predicted molar refractivity (Wildman–Crippen MR) is 96.5 cm³/mol. The van der Waals surface area contributed by atoms with Gasteiger partial charge in [0.15, 0.2) is 0 Å². The summed E-state index contributed by atoms with van der Waals surface area (Å²) < 4.78 is 0. The van der Waals surface area contributed by atoms with Gasteiger partial charge in [-0.25, -0.2) is 11.8 Å². The van der Waals surface area contributed by atoms with E-state index in [0.717, 1.165) is 11.1 Å². The van der Waals surface area contributed by atoms with Crippen LogP contribution in [0.4, 0.5) is 0 Å². The Morgan fingerprint density at radius 2 is 0.840 bits per heavy atom. The Bertz CT molecular complexity index is 885. The summed E-state index contributed by atoms with van der Waals surface area (Å²) in [5.74, 6) is 24.3. The summed E-state index contributed by atoms with van der Waals surface area (Å²) in [6.45, 7) is 0. The van der Waals surface area contributed by atoms with Gasteiger partial charge in [0.05, 0.1) is 0 Å². The maximum absolute atomic E-state index is 6.49. The van der Waals surface area contributed by atoms with Crippen molar-refractivity contribution in [3.63, 3.8) is 0 Å². The minimum absolute atomic E-state index is 0. The molecule has 0 amide bonds. The van der Waals surface area contributed by atoms with Crippen LogP contribution in [0, 0.1) is 72.1 Å². The second-order valence-electron chi connectivity index (χ2n) is 3.98. The van der Waals surface area contributed by atoms with E-state index in [1.165, 1.54) is 0 Å². The van der Waals surface area contributed by atoms with Crippen molar-refractivity contribution in [3.8, 4) is 59.2 Å². The Morgan fingerprint density at radius 1 is 0.480 bits per heavy atom. The molecule has 2 rings (SSSR count). The molecule has 0 N–H and O–H groups in total. The largest absolute Gasteiger partial charge is 2.00 e. The molecule has 0 aliphatic rings. The Kier molecular flexibility index (Phi) is 13.1. The number of benzene rings is 2. The van der Waals surface area contributed by atoms with Crippen molar-refractivity contribution < 1.29 is 19.5 Å². The summed E-state index contributed by atoms with van der Waals surface area (Å²) in [5, 5.41) is 0. The molecule has 0 saturated carbocycles. The first-order valence-corrected chi connectivity index (χ1v) is 6.82. The van der Waals surface area contributed by atoms with Crippen molar-refractivity contribution in [2.24, 2.45) is 0 Å². The van der Waals surface area contributed by atoms with Crippen LogP contribution in [0.5, 0.6) is 0 Å². The van der Waals surface area contributed by atoms with Crippen molar-refractivity contribution in [2.75, 3.05) is 0 Å². The molecule has 2 aromatic carbocycles. The first kappa shape index (κ1) is 21.4. The van der Waals surface area contributed by atoms with Gasteiger partial charge in [-0.1, -0.05) is 48.2 Å². The topological polar surface area (TPSA) is 0 Å². The second-order valence-corrected chi connectivity index (χ2v) is 3.98. The molecule has 0 spiro atoms. The summed E-state index contributed by atoms with van der Waals surface area (Å²) in [6, 6.07) is 19.2. The fourth-order valence-electron chi connectivity index (χ4n) is 1.37. The molecule has 0 fully saturated rings. The van der Waals surface area contributed by atoms with E-state index >= 15 is 0 Å². The summed E-state index contributed by atoms with van der Waals surface area (Å²) in [6.07, 6.45) is 13.0. The fraction of sp³-hybridized carbons (Fsp3) is 0. The molecule has 0 heterocycles. The van der Waals surface area contributed by atoms with Crippen molar-refractivity contribution in [2.45, 2.75) is 0 Å². The van der Waals surface area contributed by atoms with Crippen LogP contribution < -0.4 is 0 Å². The van der Waals surface area contributed by atoms with Gasteiger partial charge in [-0.3, -0.25) is 11.8 Å². The molecule has 2 aromatic rings. The van der Waals surface area contributed by atoms with E-state index in [9.17, 15) is 0 Å². The van der Waals surface area contributed by atoms with Gasteiger partial charge in [0.1, 0.15) is 0 Å². The number of hydrogen-bond acceptors (Lipinski definition) is 0. The molecule has 108 valence electrons. The SMILES string of the molecule is [C-]#CC#CC#Cc1ccccc1.[C-]#CC#CC#Cc1ccccc1.[Zn+2]. The smallest absolute Gasteiger partial charge is 0.358 e. The van der Waals surface area contributed by atoms with E-state index in [1.54, 1.807) is 0 Å². The molecule has 0 saturated heterocycles. The van der Waals surface area contributed by atoms with Gasteiger partial charge in [0, 0.05) is 11.1 Å². The summed E-state index contributed by atoms with van der Waals surface area (Å²) in [5.41, 5.74) is 1.86. The maximum Gasteiger partial charge on any atom is 2.00 e. The van der Waals surface area contributed by atoms with E-state index < -0.39 is 0 Å². The Labute approximate surface area is 163 Å². The van der Waals surface area contributed by atoms with Crippen molar-refractivity contribution in [1.29, 1.82) is 0 Å². The zero-order chi connectivity index (χ0) is 17.3. The van der Waals surface area contributed by atoms with Gasteiger partial charge in [0.2, 0.25) is 0 Å². The summed E-state index contributed by atoms with van der Waals surface area (Å²) in [4.78, 5) is 0. The normalized spacial score (nSPS) is 6.32. The van der Waals surface area contributed by atoms with E-state index in [4.69, 9.17) is 12.8 Å². The average molecular weight is 364 g/mol. The van der Waals surface area contributed by atoms with Gasteiger partial charge in [-0.15, -0.1) is 11.8 Å². The van der Waals surface area contributed by atoms with E-state index in [0.29, 0.717) is 0 Å². The fourth-order valence-corrected chi connectivity index (χ4v) is 1.37. The van der Waals surface area contributed by atoms with Crippen molar-refractivity contribution in [1.82, 2.24) is 0 Å². The molecular formula is C24H10Zn. The third kappa shape index (κ3) is 11.6. The maximum atomic E-state index is 6.49. The molecule has 0 aliphatic heterocycles. The second kappa shape index (κ2) is 15.3. The molecule has 0 atom stereocenters. The standard InChI is InChI=1S/2C12H5.Zn/c2*1-2-3-4-6-9-12-10-7-5-8-11-12;/h2*5,7-8,10-11H;/q2*-1;+2. The minimum Gasteiger partial charge on any atom is -0.358 e. The van der Waals surface area contributed by atoms with Crippen LogP contribution in [0.3, 0.4) is 0 Å². The van der Waals surface area contributed by atoms with Crippen LogP contribution in [0.15, 0.2) is 60.7 Å². The molecule has 1 heteroatoms. The number of hydrogen-bond donors (Lipinski definition) is 0. The molecule has 0 aliphatic carbocycles.